The zero-order chi connectivity index (χ0) is 10.7. The standard InChI is InChI=1S/C9H9N3O3/c13-8(14)4-3-7-10-9(12-11-7)6-2-1-5-15-6/h1-2,5H,3-4H2,(H,13,14)(H,10,11,12). The molecule has 0 aliphatic carbocycles. The minimum absolute atomic E-state index is 0.0345. The van der Waals surface area contributed by atoms with Crippen LogP contribution in [0.4, 0.5) is 0 Å². The Labute approximate surface area is 85.0 Å². The van der Waals surface area contributed by atoms with Gasteiger partial charge in [-0.2, -0.15) is 5.10 Å². The third kappa shape index (κ3) is 2.22. The molecule has 0 amide bonds. The summed E-state index contributed by atoms with van der Waals surface area (Å²) in [5, 5.41) is 15.1. The lowest BCUT2D eigenvalue weighted by Gasteiger charge is -1.89. The first kappa shape index (κ1) is 9.45. The van der Waals surface area contributed by atoms with Crippen molar-refractivity contribution in [3.63, 3.8) is 0 Å². The summed E-state index contributed by atoms with van der Waals surface area (Å²) in [6.45, 7) is 0. The molecule has 2 rings (SSSR count). The van der Waals surface area contributed by atoms with Gasteiger partial charge in [0.25, 0.3) is 0 Å². The fourth-order valence-corrected chi connectivity index (χ4v) is 1.15. The number of carbonyl (C=O) groups is 1. The number of nitrogens with zero attached hydrogens (tertiary/aromatic N) is 2. The number of hydrogen-bond acceptors (Lipinski definition) is 4. The van der Waals surface area contributed by atoms with Crippen LogP contribution in [0.25, 0.3) is 11.6 Å². The van der Waals surface area contributed by atoms with Crippen LogP contribution in [0.1, 0.15) is 12.2 Å². The largest absolute Gasteiger partial charge is 0.481 e. The van der Waals surface area contributed by atoms with Gasteiger partial charge in [0.2, 0.25) is 5.82 Å². The van der Waals surface area contributed by atoms with Gasteiger partial charge in [-0.25, -0.2) is 4.98 Å². The van der Waals surface area contributed by atoms with Crippen molar-refractivity contribution in [2.45, 2.75) is 12.8 Å². The molecule has 0 bridgehead atoms. The van der Waals surface area contributed by atoms with Crippen molar-refractivity contribution < 1.29 is 14.3 Å². The van der Waals surface area contributed by atoms with Gasteiger partial charge in [-0.05, 0) is 12.1 Å². The van der Waals surface area contributed by atoms with E-state index in [1.807, 2.05) is 0 Å². The highest BCUT2D eigenvalue weighted by Gasteiger charge is 2.08. The van der Waals surface area contributed by atoms with Crippen molar-refractivity contribution in [1.82, 2.24) is 15.2 Å². The van der Waals surface area contributed by atoms with Crippen LogP contribution < -0.4 is 0 Å². The Morgan fingerprint density at radius 2 is 2.47 bits per heavy atom. The summed E-state index contributed by atoms with van der Waals surface area (Å²) in [6.07, 6.45) is 1.90. The van der Waals surface area contributed by atoms with E-state index in [0.717, 1.165) is 0 Å². The van der Waals surface area contributed by atoms with E-state index in [1.165, 1.54) is 6.26 Å². The zero-order valence-electron chi connectivity index (χ0n) is 7.80. The van der Waals surface area contributed by atoms with Crippen molar-refractivity contribution in [3.05, 3.63) is 24.2 Å². The highest BCUT2D eigenvalue weighted by Crippen LogP contribution is 2.14. The molecule has 2 aromatic rings. The van der Waals surface area contributed by atoms with E-state index >= 15 is 0 Å². The zero-order valence-corrected chi connectivity index (χ0v) is 7.80. The molecule has 0 unspecified atom stereocenters. The molecule has 2 aromatic heterocycles. The smallest absolute Gasteiger partial charge is 0.303 e. The molecule has 0 saturated heterocycles. The van der Waals surface area contributed by atoms with Crippen molar-refractivity contribution in [2.24, 2.45) is 0 Å². The summed E-state index contributed by atoms with van der Waals surface area (Å²) in [5.74, 6) is 0.697. The van der Waals surface area contributed by atoms with Gasteiger partial charge < -0.3 is 9.52 Å². The number of H-pyrrole nitrogens is 1. The molecule has 0 aliphatic heterocycles. The Hall–Kier alpha value is -2.11. The Bertz CT molecular complexity index is 447. The molecule has 0 saturated carbocycles. The summed E-state index contributed by atoms with van der Waals surface area (Å²) < 4.78 is 5.10. The van der Waals surface area contributed by atoms with Crippen LogP contribution in [-0.2, 0) is 11.2 Å². The monoisotopic (exact) mass is 207 g/mol. The lowest BCUT2D eigenvalue weighted by atomic mass is 10.3. The van der Waals surface area contributed by atoms with Crippen LogP contribution in [0.5, 0.6) is 0 Å². The molecule has 0 fully saturated rings. The number of aromatic amines is 1. The third-order valence-electron chi connectivity index (χ3n) is 1.85. The molecule has 78 valence electrons. The normalized spacial score (nSPS) is 10.4. The molecule has 6 heteroatoms. The van der Waals surface area contributed by atoms with Crippen LogP contribution in [0.2, 0.25) is 0 Å². The molecule has 0 aliphatic rings. The minimum atomic E-state index is -0.856. The third-order valence-corrected chi connectivity index (χ3v) is 1.85. The van der Waals surface area contributed by atoms with Crippen LogP contribution in [0, 0.1) is 0 Å². The van der Waals surface area contributed by atoms with Gasteiger partial charge in [0.15, 0.2) is 5.76 Å². The Morgan fingerprint density at radius 1 is 1.60 bits per heavy atom. The molecule has 6 nitrogen and oxygen atoms in total. The summed E-state index contributed by atoms with van der Waals surface area (Å²) in [7, 11) is 0. The molecule has 2 heterocycles. The number of hydrogen-bond donors (Lipinski definition) is 2. The topological polar surface area (TPSA) is 92.0 Å². The second-order valence-corrected chi connectivity index (χ2v) is 2.98. The lowest BCUT2D eigenvalue weighted by molar-refractivity contribution is -0.137. The fourth-order valence-electron chi connectivity index (χ4n) is 1.15. The van der Waals surface area contributed by atoms with E-state index in [9.17, 15) is 4.79 Å². The number of nitrogens with one attached hydrogen (secondary N) is 1. The predicted octanol–water partition coefficient (Wildman–Crippen LogP) is 1.08. The number of aromatic nitrogens is 3. The maximum Gasteiger partial charge on any atom is 0.303 e. The number of carboxylic acids is 1. The van der Waals surface area contributed by atoms with Gasteiger partial charge in [-0.15, -0.1) is 0 Å². The Kier molecular flexibility index (Phi) is 2.49. The van der Waals surface area contributed by atoms with Gasteiger partial charge in [0.1, 0.15) is 5.82 Å². The van der Waals surface area contributed by atoms with Gasteiger partial charge in [0.05, 0.1) is 12.7 Å². The minimum Gasteiger partial charge on any atom is -0.481 e. The summed E-state index contributed by atoms with van der Waals surface area (Å²) in [4.78, 5) is 14.4. The summed E-state index contributed by atoms with van der Waals surface area (Å²) in [6, 6.07) is 3.48. The highest BCUT2D eigenvalue weighted by atomic mass is 16.4. The Balaban J connectivity index is 2.08. The van der Waals surface area contributed by atoms with Crippen LogP contribution in [-0.4, -0.2) is 26.3 Å². The second kappa shape index (κ2) is 3.95. The maximum absolute atomic E-state index is 10.3. The van der Waals surface area contributed by atoms with Crippen molar-refractivity contribution in [1.29, 1.82) is 0 Å². The van der Waals surface area contributed by atoms with E-state index in [4.69, 9.17) is 9.52 Å². The molecule has 0 aromatic carbocycles. The molecular weight excluding hydrogens is 198 g/mol. The van der Waals surface area contributed by atoms with Crippen LogP contribution in [0.3, 0.4) is 0 Å². The van der Waals surface area contributed by atoms with E-state index in [2.05, 4.69) is 15.2 Å². The van der Waals surface area contributed by atoms with Crippen molar-refractivity contribution >= 4 is 5.97 Å². The highest BCUT2D eigenvalue weighted by molar-refractivity contribution is 5.66. The molecule has 15 heavy (non-hydrogen) atoms. The van der Waals surface area contributed by atoms with E-state index < -0.39 is 5.97 Å². The van der Waals surface area contributed by atoms with E-state index in [-0.39, 0.29) is 6.42 Å². The van der Waals surface area contributed by atoms with Crippen molar-refractivity contribution in [3.8, 4) is 11.6 Å². The quantitative estimate of drug-likeness (QED) is 0.782. The number of carboxylic acid groups (broad SMARTS) is 1. The van der Waals surface area contributed by atoms with Crippen molar-refractivity contribution in [2.75, 3.05) is 0 Å². The average Bonchev–Trinajstić information content (AvgIpc) is 2.85. The summed E-state index contributed by atoms with van der Waals surface area (Å²) >= 11 is 0. The van der Waals surface area contributed by atoms with Gasteiger partial charge in [0, 0.05) is 6.42 Å². The average molecular weight is 207 g/mol. The Morgan fingerprint density at radius 3 is 3.13 bits per heavy atom. The molecule has 2 N–H and O–H groups in total. The summed E-state index contributed by atoms with van der Waals surface area (Å²) in [5.41, 5.74) is 0. The van der Waals surface area contributed by atoms with Gasteiger partial charge in [-0.1, -0.05) is 0 Å². The second-order valence-electron chi connectivity index (χ2n) is 2.98. The van der Waals surface area contributed by atoms with Crippen LogP contribution in [0.15, 0.2) is 22.8 Å². The number of aryl methyl sites for hydroxylation is 1. The van der Waals surface area contributed by atoms with Gasteiger partial charge in [-0.3, -0.25) is 9.89 Å². The molecule has 0 atom stereocenters. The van der Waals surface area contributed by atoms with E-state index in [1.54, 1.807) is 12.1 Å². The maximum atomic E-state index is 10.3. The molecule has 0 radical (unpaired) electrons. The molecular formula is C9H9N3O3. The fraction of sp³-hybridized carbons (Fsp3) is 0.222. The predicted molar refractivity (Wildman–Crippen MR) is 50.0 cm³/mol. The SMILES string of the molecule is O=C(O)CCc1nc(-c2ccco2)n[nH]1. The van der Waals surface area contributed by atoms with Crippen LogP contribution >= 0.6 is 0 Å². The first-order valence-corrected chi connectivity index (χ1v) is 4.42. The first-order chi connectivity index (χ1) is 7.25. The number of furan rings is 1. The van der Waals surface area contributed by atoms with E-state index in [0.29, 0.717) is 23.8 Å². The lowest BCUT2D eigenvalue weighted by Crippen LogP contribution is -1.98. The first-order valence-electron chi connectivity index (χ1n) is 4.42. The number of aliphatic carboxylic acids is 1. The number of rotatable bonds is 4. The van der Waals surface area contributed by atoms with Gasteiger partial charge >= 0.3 is 5.97 Å². The molecule has 0 spiro atoms.